The molecule has 1 saturated heterocycles. The first kappa shape index (κ1) is 22.8. The van der Waals surface area contributed by atoms with Crippen molar-refractivity contribution in [2.75, 3.05) is 27.4 Å². The molecule has 2 aromatic carbocycles. The maximum absolute atomic E-state index is 10.4. The second-order valence-electron chi connectivity index (χ2n) is 7.38. The summed E-state index contributed by atoms with van der Waals surface area (Å²) in [5, 5.41) is 20.5. The number of methoxy groups -OCH3 is 2. The maximum atomic E-state index is 10.4. The number of rotatable bonds is 8. The molecule has 2 aromatic rings. The van der Waals surface area contributed by atoms with Crippen LogP contribution in [-0.4, -0.2) is 49.9 Å². The van der Waals surface area contributed by atoms with Crippen molar-refractivity contribution >= 4 is 11.6 Å². The topological polar surface area (TPSA) is 77.4 Å². The van der Waals surface area contributed by atoms with Gasteiger partial charge >= 0.3 is 0 Å². The van der Waals surface area contributed by atoms with Gasteiger partial charge in [0.25, 0.3) is 0 Å². The molecule has 164 valence electrons. The van der Waals surface area contributed by atoms with E-state index in [1.807, 2.05) is 37.3 Å². The van der Waals surface area contributed by atoms with Crippen molar-refractivity contribution in [2.45, 2.75) is 44.2 Å². The van der Waals surface area contributed by atoms with Crippen LogP contribution >= 0.6 is 11.6 Å². The van der Waals surface area contributed by atoms with Gasteiger partial charge in [0.15, 0.2) is 5.79 Å². The predicted octanol–water partition coefficient (Wildman–Crippen LogP) is 3.67. The fourth-order valence-corrected chi connectivity index (χ4v) is 4.11. The molecule has 1 heterocycles. The average molecular weight is 437 g/mol. The van der Waals surface area contributed by atoms with Gasteiger partial charge in [0.05, 0.1) is 37.6 Å². The van der Waals surface area contributed by atoms with Gasteiger partial charge in [-0.2, -0.15) is 0 Å². The molecular weight excluding hydrogens is 408 g/mol. The molecule has 0 radical (unpaired) electrons. The van der Waals surface area contributed by atoms with E-state index in [-0.39, 0.29) is 13.0 Å². The van der Waals surface area contributed by atoms with Crippen LogP contribution in [-0.2, 0) is 21.7 Å². The smallest absolute Gasteiger partial charge is 0.197 e. The van der Waals surface area contributed by atoms with Crippen molar-refractivity contribution in [1.82, 2.24) is 0 Å². The molecule has 0 aromatic heterocycles. The SMILES string of the molecule is CCOc1ccc(Cc2cc(C3(OC)CC(O)CC(CO)O3)cc(OC)c2Cl)cc1. The molecule has 6 nitrogen and oxygen atoms in total. The molecule has 3 rings (SSSR count). The summed E-state index contributed by atoms with van der Waals surface area (Å²) in [4.78, 5) is 0. The summed E-state index contributed by atoms with van der Waals surface area (Å²) >= 11 is 6.60. The van der Waals surface area contributed by atoms with E-state index in [9.17, 15) is 10.2 Å². The normalized spacial score (nSPS) is 23.9. The summed E-state index contributed by atoms with van der Waals surface area (Å²) in [6.07, 6.45) is -0.0168. The fourth-order valence-electron chi connectivity index (χ4n) is 3.85. The van der Waals surface area contributed by atoms with Gasteiger partial charge < -0.3 is 29.2 Å². The second-order valence-corrected chi connectivity index (χ2v) is 7.76. The van der Waals surface area contributed by atoms with Gasteiger partial charge in [-0.1, -0.05) is 23.7 Å². The molecule has 0 amide bonds. The monoisotopic (exact) mass is 436 g/mol. The summed E-state index contributed by atoms with van der Waals surface area (Å²) in [6.45, 7) is 2.36. The molecule has 0 spiro atoms. The Hall–Kier alpha value is -1.83. The molecule has 3 atom stereocenters. The number of benzene rings is 2. The van der Waals surface area contributed by atoms with E-state index in [4.69, 9.17) is 30.5 Å². The zero-order chi connectivity index (χ0) is 21.7. The third-order valence-corrected chi connectivity index (χ3v) is 5.76. The zero-order valence-corrected chi connectivity index (χ0v) is 18.3. The quantitative estimate of drug-likeness (QED) is 0.657. The lowest BCUT2D eigenvalue weighted by Crippen LogP contribution is -2.46. The summed E-state index contributed by atoms with van der Waals surface area (Å²) in [6, 6.07) is 11.5. The Morgan fingerprint density at radius 3 is 2.53 bits per heavy atom. The van der Waals surface area contributed by atoms with Crippen LogP contribution < -0.4 is 9.47 Å². The molecule has 1 fully saturated rings. The Labute approximate surface area is 182 Å². The first-order valence-electron chi connectivity index (χ1n) is 10.0. The Morgan fingerprint density at radius 1 is 1.20 bits per heavy atom. The van der Waals surface area contributed by atoms with E-state index in [0.29, 0.717) is 35.8 Å². The van der Waals surface area contributed by atoms with E-state index in [0.717, 1.165) is 16.9 Å². The van der Waals surface area contributed by atoms with Gasteiger partial charge in [-0.25, -0.2) is 0 Å². The van der Waals surface area contributed by atoms with Gasteiger partial charge in [0, 0.05) is 25.5 Å². The first-order valence-corrected chi connectivity index (χ1v) is 10.4. The lowest BCUT2D eigenvalue weighted by molar-refractivity contribution is -0.299. The largest absolute Gasteiger partial charge is 0.495 e. The van der Waals surface area contributed by atoms with Crippen molar-refractivity contribution in [3.05, 3.63) is 58.1 Å². The number of halogens is 1. The van der Waals surface area contributed by atoms with Gasteiger partial charge in [-0.15, -0.1) is 0 Å². The molecule has 30 heavy (non-hydrogen) atoms. The van der Waals surface area contributed by atoms with Crippen molar-refractivity contribution in [3.63, 3.8) is 0 Å². The summed E-state index contributed by atoms with van der Waals surface area (Å²) in [5.74, 6) is 0.114. The number of aliphatic hydroxyl groups excluding tert-OH is 2. The molecule has 1 aliphatic heterocycles. The van der Waals surface area contributed by atoms with E-state index < -0.39 is 18.0 Å². The van der Waals surface area contributed by atoms with Crippen LogP contribution in [0.2, 0.25) is 5.02 Å². The van der Waals surface area contributed by atoms with Gasteiger partial charge in [0.2, 0.25) is 0 Å². The van der Waals surface area contributed by atoms with E-state index >= 15 is 0 Å². The lowest BCUT2D eigenvalue weighted by atomic mass is 9.90. The number of hydrogen-bond donors (Lipinski definition) is 2. The molecule has 0 saturated carbocycles. The highest BCUT2D eigenvalue weighted by atomic mass is 35.5. The van der Waals surface area contributed by atoms with Crippen molar-refractivity contribution < 1.29 is 29.2 Å². The van der Waals surface area contributed by atoms with Gasteiger partial charge in [-0.3, -0.25) is 0 Å². The lowest BCUT2D eigenvalue weighted by Gasteiger charge is -2.42. The number of hydrogen-bond acceptors (Lipinski definition) is 6. The van der Waals surface area contributed by atoms with Gasteiger partial charge in [0.1, 0.15) is 11.5 Å². The van der Waals surface area contributed by atoms with Crippen LogP contribution in [0.5, 0.6) is 11.5 Å². The zero-order valence-electron chi connectivity index (χ0n) is 17.6. The van der Waals surface area contributed by atoms with Crippen molar-refractivity contribution in [3.8, 4) is 11.5 Å². The summed E-state index contributed by atoms with van der Waals surface area (Å²) in [7, 11) is 3.08. The molecular formula is C23H29ClO6. The number of aliphatic hydroxyl groups is 2. The highest BCUT2D eigenvalue weighted by Crippen LogP contribution is 2.42. The molecule has 3 unspecified atom stereocenters. The molecule has 0 aliphatic carbocycles. The standard InChI is InChI=1S/C23H29ClO6/c1-4-29-19-7-5-15(6-8-19)9-16-10-17(11-21(27-2)22(16)24)23(28-3)13-18(26)12-20(14-25)30-23/h5-8,10-11,18,20,25-26H,4,9,12-14H2,1-3H3. The van der Waals surface area contributed by atoms with Crippen molar-refractivity contribution in [1.29, 1.82) is 0 Å². The molecule has 0 bridgehead atoms. The minimum Gasteiger partial charge on any atom is -0.495 e. The third-order valence-electron chi connectivity index (χ3n) is 5.33. The number of ether oxygens (including phenoxy) is 4. The highest BCUT2D eigenvalue weighted by molar-refractivity contribution is 6.32. The molecule has 2 N–H and O–H groups in total. The van der Waals surface area contributed by atoms with Crippen LogP contribution in [0, 0.1) is 0 Å². The van der Waals surface area contributed by atoms with E-state index in [1.54, 1.807) is 13.2 Å². The van der Waals surface area contributed by atoms with E-state index in [2.05, 4.69) is 0 Å². The van der Waals surface area contributed by atoms with Crippen LogP contribution in [0.15, 0.2) is 36.4 Å². The summed E-state index contributed by atoms with van der Waals surface area (Å²) < 4.78 is 22.8. The summed E-state index contributed by atoms with van der Waals surface area (Å²) in [5.41, 5.74) is 2.59. The highest BCUT2D eigenvalue weighted by Gasteiger charge is 2.43. The van der Waals surface area contributed by atoms with Crippen LogP contribution in [0.4, 0.5) is 0 Å². The Kier molecular flexibility index (Phi) is 7.60. The Bertz CT molecular complexity index is 840. The van der Waals surface area contributed by atoms with Gasteiger partial charge in [-0.05, 0) is 48.7 Å². The van der Waals surface area contributed by atoms with Crippen LogP contribution in [0.25, 0.3) is 0 Å². The minimum atomic E-state index is -1.20. The predicted molar refractivity (Wildman–Crippen MR) is 114 cm³/mol. The molecule has 7 heteroatoms. The Balaban J connectivity index is 1.98. The van der Waals surface area contributed by atoms with Crippen LogP contribution in [0.1, 0.15) is 36.5 Å². The van der Waals surface area contributed by atoms with Crippen LogP contribution in [0.3, 0.4) is 0 Å². The fraction of sp³-hybridized carbons (Fsp3) is 0.478. The average Bonchev–Trinajstić information content (AvgIpc) is 2.76. The third kappa shape index (κ3) is 4.90. The minimum absolute atomic E-state index is 0.202. The first-order chi connectivity index (χ1) is 14.4. The van der Waals surface area contributed by atoms with E-state index in [1.165, 1.54) is 7.11 Å². The second kappa shape index (κ2) is 9.98. The van der Waals surface area contributed by atoms with Crippen molar-refractivity contribution in [2.24, 2.45) is 0 Å². The maximum Gasteiger partial charge on any atom is 0.197 e. The molecule has 1 aliphatic rings. The Morgan fingerprint density at radius 2 is 1.93 bits per heavy atom.